The lowest BCUT2D eigenvalue weighted by Gasteiger charge is -2.36. The van der Waals surface area contributed by atoms with E-state index in [9.17, 15) is 0 Å². The van der Waals surface area contributed by atoms with E-state index in [1.807, 2.05) is 7.11 Å². The molecule has 2 fully saturated rings. The van der Waals surface area contributed by atoms with Gasteiger partial charge in [0.25, 0.3) is 0 Å². The van der Waals surface area contributed by atoms with Gasteiger partial charge in [0.15, 0.2) is 0 Å². The van der Waals surface area contributed by atoms with Gasteiger partial charge in [0.1, 0.15) is 0 Å². The Balaban J connectivity index is 1.56. The number of hydrogen-bond acceptors (Lipinski definition) is 2. The molecule has 0 spiro atoms. The van der Waals surface area contributed by atoms with Crippen LogP contribution in [0.1, 0.15) is 39.0 Å². The molecule has 0 amide bonds. The van der Waals surface area contributed by atoms with E-state index < -0.39 is 0 Å². The zero-order chi connectivity index (χ0) is 9.26. The summed E-state index contributed by atoms with van der Waals surface area (Å²) in [6, 6.07) is 1.45. The molecule has 2 heteroatoms. The van der Waals surface area contributed by atoms with Gasteiger partial charge in [-0.3, -0.25) is 0 Å². The van der Waals surface area contributed by atoms with Crippen LogP contribution in [0.3, 0.4) is 0 Å². The van der Waals surface area contributed by atoms with Crippen LogP contribution in [0.4, 0.5) is 0 Å². The molecule has 0 radical (unpaired) electrons. The Hall–Kier alpha value is -0.0800. The van der Waals surface area contributed by atoms with Gasteiger partial charge in [0, 0.05) is 19.2 Å². The summed E-state index contributed by atoms with van der Waals surface area (Å²) in [6.07, 6.45) is 7.28. The van der Waals surface area contributed by atoms with Crippen molar-refractivity contribution in [1.29, 1.82) is 0 Å². The zero-order valence-electron chi connectivity index (χ0n) is 8.75. The normalized spacial score (nSPS) is 35.5. The Labute approximate surface area is 81.0 Å². The summed E-state index contributed by atoms with van der Waals surface area (Å²) in [6.45, 7) is 2.32. The first-order chi connectivity index (χ1) is 6.28. The van der Waals surface area contributed by atoms with Crippen LogP contribution in [0.2, 0.25) is 0 Å². The van der Waals surface area contributed by atoms with Crippen molar-refractivity contribution in [1.82, 2.24) is 5.32 Å². The molecule has 2 rings (SSSR count). The Bertz CT molecular complexity index is 161. The van der Waals surface area contributed by atoms with E-state index in [-0.39, 0.29) is 0 Å². The highest BCUT2D eigenvalue weighted by molar-refractivity contribution is 4.88. The average molecular weight is 183 g/mol. The van der Waals surface area contributed by atoms with E-state index in [0.29, 0.717) is 6.10 Å². The maximum atomic E-state index is 5.25. The minimum absolute atomic E-state index is 0.533. The van der Waals surface area contributed by atoms with Crippen LogP contribution in [0.5, 0.6) is 0 Å². The number of nitrogens with one attached hydrogen (secondary N) is 1. The first-order valence-electron chi connectivity index (χ1n) is 5.56. The maximum Gasteiger partial charge on any atom is 0.0601 e. The molecule has 2 aliphatic rings. The van der Waals surface area contributed by atoms with Gasteiger partial charge in [-0.25, -0.2) is 0 Å². The van der Waals surface area contributed by atoms with E-state index in [0.717, 1.165) is 18.0 Å². The van der Waals surface area contributed by atoms with Crippen molar-refractivity contribution in [3.05, 3.63) is 0 Å². The molecule has 2 nitrogen and oxygen atoms in total. The molecule has 2 aliphatic carbocycles. The first kappa shape index (κ1) is 9.47. The van der Waals surface area contributed by atoms with Crippen molar-refractivity contribution in [2.75, 3.05) is 7.11 Å². The third-order valence-electron chi connectivity index (χ3n) is 3.33. The molecule has 76 valence electrons. The van der Waals surface area contributed by atoms with Crippen molar-refractivity contribution in [3.63, 3.8) is 0 Å². The number of methoxy groups -OCH3 is 1. The molecule has 0 aliphatic heterocycles. The first-order valence-corrected chi connectivity index (χ1v) is 5.56. The molecule has 1 N–H and O–H groups in total. The van der Waals surface area contributed by atoms with Crippen molar-refractivity contribution in [3.8, 4) is 0 Å². The second-order valence-electron chi connectivity index (χ2n) is 4.77. The molecule has 0 aromatic carbocycles. The Morgan fingerprint density at radius 2 is 2.08 bits per heavy atom. The molecule has 0 aromatic heterocycles. The number of hydrogen-bond donors (Lipinski definition) is 1. The van der Waals surface area contributed by atoms with E-state index >= 15 is 0 Å². The van der Waals surface area contributed by atoms with Crippen LogP contribution < -0.4 is 5.32 Å². The molecular formula is C11H21NO. The molecule has 1 atom stereocenters. The Morgan fingerprint density at radius 3 is 2.62 bits per heavy atom. The fourth-order valence-electron chi connectivity index (χ4n) is 2.22. The molecule has 1 unspecified atom stereocenters. The molecule has 0 heterocycles. The minimum atomic E-state index is 0.533. The quantitative estimate of drug-likeness (QED) is 0.703. The van der Waals surface area contributed by atoms with Crippen LogP contribution in [0, 0.1) is 5.92 Å². The van der Waals surface area contributed by atoms with E-state index in [1.54, 1.807) is 0 Å². The third kappa shape index (κ3) is 2.68. The highest BCUT2D eigenvalue weighted by atomic mass is 16.5. The predicted octanol–water partition coefficient (Wildman–Crippen LogP) is 1.94. The second kappa shape index (κ2) is 3.97. The summed E-state index contributed by atoms with van der Waals surface area (Å²) in [5.74, 6) is 1.04. The number of rotatable bonds is 5. The Morgan fingerprint density at radius 1 is 1.38 bits per heavy atom. The Kier molecular flexibility index (Phi) is 2.89. The van der Waals surface area contributed by atoms with Crippen LogP contribution in [0.25, 0.3) is 0 Å². The summed E-state index contributed by atoms with van der Waals surface area (Å²) in [5.41, 5.74) is 0. The van der Waals surface area contributed by atoms with Gasteiger partial charge in [0.2, 0.25) is 0 Å². The lowest BCUT2D eigenvalue weighted by atomic mass is 9.88. The summed E-state index contributed by atoms with van der Waals surface area (Å²) >= 11 is 0. The molecule has 0 aromatic rings. The van der Waals surface area contributed by atoms with E-state index in [2.05, 4.69) is 12.2 Å². The largest absolute Gasteiger partial charge is 0.381 e. The van der Waals surface area contributed by atoms with Gasteiger partial charge in [-0.1, -0.05) is 12.8 Å². The smallest absolute Gasteiger partial charge is 0.0601 e. The number of ether oxygens (including phenoxy) is 1. The van der Waals surface area contributed by atoms with Gasteiger partial charge in [-0.2, -0.15) is 0 Å². The van der Waals surface area contributed by atoms with E-state index in [4.69, 9.17) is 4.74 Å². The predicted molar refractivity (Wildman–Crippen MR) is 53.8 cm³/mol. The lowest BCUT2D eigenvalue weighted by molar-refractivity contribution is 0.0144. The topological polar surface area (TPSA) is 21.3 Å². The highest BCUT2D eigenvalue weighted by Gasteiger charge is 2.31. The zero-order valence-corrected chi connectivity index (χ0v) is 8.75. The lowest BCUT2D eigenvalue weighted by Crippen LogP contribution is -2.48. The second-order valence-corrected chi connectivity index (χ2v) is 4.77. The molecule has 0 bridgehead atoms. The van der Waals surface area contributed by atoms with Crippen LogP contribution >= 0.6 is 0 Å². The van der Waals surface area contributed by atoms with Crippen molar-refractivity contribution in [2.24, 2.45) is 5.92 Å². The van der Waals surface area contributed by atoms with Gasteiger partial charge in [-0.15, -0.1) is 0 Å². The van der Waals surface area contributed by atoms with E-state index in [1.165, 1.54) is 32.1 Å². The third-order valence-corrected chi connectivity index (χ3v) is 3.33. The maximum absolute atomic E-state index is 5.25. The highest BCUT2D eigenvalue weighted by Crippen LogP contribution is 2.34. The van der Waals surface area contributed by atoms with Crippen LogP contribution in [-0.2, 0) is 4.74 Å². The fourth-order valence-corrected chi connectivity index (χ4v) is 2.22. The average Bonchev–Trinajstić information content (AvgIpc) is 2.79. The standard InChI is InChI=1S/C11H21NO/c1-8(5-9-3-4-9)12-10-6-11(7-10)13-2/h8-12H,3-7H2,1-2H3. The fraction of sp³-hybridized carbons (Fsp3) is 1.00. The molecule has 13 heavy (non-hydrogen) atoms. The van der Waals surface area contributed by atoms with Crippen molar-refractivity contribution in [2.45, 2.75) is 57.2 Å². The van der Waals surface area contributed by atoms with Crippen LogP contribution in [0.15, 0.2) is 0 Å². The summed E-state index contributed by atoms with van der Waals surface area (Å²) in [4.78, 5) is 0. The summed E-state index contributed by atoms with van der Waals surface area (Å²) < 4.78 is 5.25. The molecule has 2 saturated carbocycles. The summed E-state index contributed by atoms with van der Waals surface area (Å²) in [5, 5.41) is 3.67. The van der Waals surface area contributed by atoms with Crippen LogP contribution in [-0.4, -0.2) is 25.3 Å². The van der Waals surface area contributed by atoms with Crippen molar-refractivity contribution >= 4 is 0 Å². The van der Waals surface area contributed by atoms with Gasteiger partial charge in [-0.05, 0) is 32.1 Å². The summed E-state index contributed by atoms with van der Waals surface area (Å²) in [7, 11) is 1.81. The van der Waals surface area contributed by atoms with Crippen molar-refractivity contribution < 1.29 is 4.74 Å². The monoisotopic (exact) mass is 183 g/mol. The van der Waals surface area contributed by atoms with Gasteiger partial charge in [0.05, 0.1) is 6.10 Å². The minimum Gasteiger partial charge on any atom is -0.381 e. The molecular weight excluding hydrogens is 162 g/mol. The molecule has 0 saturated heterocycles. The van der Waals surface area contributed by atoms with Gasteiger partial charge >= 0.3 is 0 Å². The SMILES string of the molecule is COC1CC(NC(C)CC2CC2)C1. The van der Waals surface area contributed by atoms with Gasteiger partial charge < -0.3 is 10.1 Å².